The van der Waals surface area contributed by atoms with Crippen LogP contribution in [-0.4, -0.2) is 53.3 Å². The van der Waals surface area contributed by atoms with Crippen LogP contribution in [0, 0.1) is 0 Å². The van der Waals surface area contributed by atoms with Gasteiger partial charge in [-0.05, 0) is 25.3 Å². The molecule has 2 aliphatic heterocycles. The number of rotatable bonds is 2. The van der Waals surface area contributed by atoms with Crippen molar-refractivity contribution >= 4 is 10.8 Å². The third-order valence-corrected chi connectivity index (χ3v) is 4.65. The SMILES string of the molecule is CC1(C)OCC2OC(Oc3cccc4ccccc34)C(O)C(O)C2O1. The highest BCUT2D eigenvalue weighted by Crippen LogP contribution is 2.34. The van der Waals surface area contributed by atoms with Crippen LogP contribution in [-0.2, 0) is 14.2 Å². The standard InChI is InChI=1S/C19H22O6/c1-19(2)22-10-14-17(25-19)15(20)16(21)18(24-14)23-13-9-5-7-11-6-3-4-8-12(11)13/h3-9,14-18,20-21H,10H2,1-2H3. The van der Waals surface area contributed by atoms with E-state index in [1.807, 2.05) is 42.5 Å². The fraction of sp³-hybridized carbons (Fsp3) is 0.474. The number of aliphatic hydroxyl groups is 2. The third kappa shape index (κ3) is 3.12. The molecule has 2 aliphatic rings. The van der Waals surface area contributed by atoms with Crippen molar-refractivity contribution in [1.29, 1.82) is 0 Å². The molecule has 2 fully saturated rings. The molecule has 4 rings (SSSR count). The molecule has 0 aromatic heterocycles. The largest absolute Gasteiger partial charge is 0.461 e. The molecule has 2 heterocycles. The molecule has 2 aromatic rings. The summed E-state index contributed by atoms with van der Waals surface area (Å²) in [7, 11) is 0. The average molecular weight is 346 g/mol. The zero-order valence-electron chi connectivity index (χ0n) is 14.2. The van der Waals surface area contributed by atoms with E-state index in [2.05, 4.69) is 0 Å². The van der Waals surface area contributed by atoms with Crippen LogP contribution in [0.5, 0.6) is 5.75 Å². The second-order valence-electron chi connectivity index (χ2n) is 6.91. The van der Waals surface area contributed by atoms with Gasteiger partial charge in [-0.1, -0.05) is 36.4 Å². The summed E-state index contributed by atoms with van der Waals surface area (Å²) in [6.07, 6.45) is -4.52. The van der Waals surface area contributed by atoms with E-state index in [1.165, 1.54) is 0 Å². The molecule has 134 valence electrons. The maximum absolute atomic E-state index is 10.5. The maximum Gasteiger partial charge on any atom is 0.229 e. The van der Waals surface area contributed by atoms with Gasteiger partial charge in [0, 0.05) is 5.39 Å². The Labute approximate surface area is 145 Å². The summed E-state index contributed by atoms with van der Waals surface area (Å²) in [5.74, 6) is -0.236. The minimum Gasteiger partial charge on any atom is -0.461 e. The van der Waals surface area contributed by atoms with Gasteiger partial charge in [0.25, 0.3) is 0 Å². The van der Waals surface area contributed by atoms with Crippen LogP contribution in [0.4, 0.5) is 0 Å². The van der Waals surface area contributed by atoms with E-state index in [-0.39, 0.29) is 6.61 Å². The van der Waals surface area contributed by atoms with Crippen LogP contribution in [0.1, 0.15) is 13.8 Å². The van der Waals surface area contributed by atoms with E-state index in [0.717, 1.165) is 10.8 Å². The molecule has 0 radical (unpaired) electrons. The molecule has 0 amide bonds. The number of hydrogen-bond acceptors (Lipinski definition) is 6. The van der Waals surface area contributed by atoms with Crippen LogP contribution >= 0.6 is 0 Å². The molecule has 2 aromatic carbocycles. The number of aliphatic hydroxyl groups excluding tert-OH is 2. The Balaban J connectivity index is 1.57. The average Bonchev–Trinajstić information content (AvgIpc) is 2.60. The maximum atomic E-state index is 10.5. The highest BCUT2D eigenvalue weighted by atomic mass is 16.8. The quantitative estimate of drug-likeness (QED) is 0.864. The Bertz CT molecular complexity index is 753. The monoisotopic (exact) mass is 346 g/mol. The molecule has 2 saturated heterocycles. The van der Waals surface area contributed by atoms with E-state index in [0.29, 0.717) is 5.75 Å². The Kier molecular flexibility index (Phi) is 4.17. The van der Waals surface area contributed by atoms with Gasteiger partial charge < -0.3 is 29.2 Å². The summed E-state index contributed by atoms with van der Waals surface area (Å²) in [6, 6.07) is 13.5. The fourth-order valence-corrected chi connectivity index (χ4v) is 3.35. The molecule has 0 aliphatic carbocycles. The van der Waals surface area contributed by atoms with Gasteiger partial charge in [0.15, 0.2) is 5.79 Å². The molecule has 5 unspecified atom stereocenters. The molecule has 25 heavy (non-hydrogen) atoms. The zero-order valence-corrected chi connectivity index (χ0v) is 14.2. The Hall–Kier alpha value is -1.70. The number of fused-ring (bicyclic) bond motifs is 2. The van der Waals surface area contributed by atoms with Crippen LogP contribution in [0.15, 0.2) is 42.5 Å². The first-order valence-electron chi connectivity index (χ1n) is 8.42. The number of benzene rings is 2. The molecular formula is C19H22O6. The minimum atomic E-state index is -1.23. The van der Waals surface area contributed by atoms with Crippen LogP contribution in [0.3, 0.4) is 0 Å². The van der Waals surface area contributed by atoms with Gasteiger partial charge in [0.1, 0.15) is 30.2 Å². The first kappa shape index (κ1) is 16.8. The minimum absolute atomic E-state index is 0.261. The van der Waals surface area contributed by atoms with E-state index < -0.39 is 36.5 Å². The summed E-state index contributed by atoms with van der Waals surface area (Å²) < 4.78 is 23.1. The van der Waals surface area contributed by atoms with Crippen molar-refractivity contribution in [3.8, 4) is 5.75 Å². The van der Waals surface area contributed by atoms with E-state index in [1.54, 1.807) is 13.8 Å². The number of hydrogen-bond donors (Lipinski definition) is 2. The molecule has 6 nitrogen and oxygen atoms in total. The fourth-order valence-electron chi connectivity index (χ4n) is 3.35. The molecule has 6 heteroatoms. The van der Waals surface area contributed by atoms with Crippen molar-refractivity contribution < 1.29 is 29.2 Å². The van der Waals surface area contributed by atoms with Crippen LogP contribution in [0.25, 0.3) is 10.8 Å². The second kappa shape index (κ2) is 6.23. The normalized spacial score (nSPS) is 34.5. The van der Waals surface area contributed by atoms with Crippen molar-refractivity contribution in [3.63, 3.8) is 0 Å². The van der Waals surface area contributed by atoms with Gasteiger partial charge in [0.2, 0.25) is 6.29 Å². The predicted octanol–water partition coefficient (Wildman–Crippen LogP) is 1.82. The van der Waals surface area contributed by atoms with Gasteiger partial charge in [-0.25, -0.2) is 0 Å². The van der Waals surface area contributed by atoms with Crippen molar-refractivity contribution in [2.75, 3.05) is 6.61 Å². The van der Waals surface area contributed by atoms with Crippen LogP contribution in [0.2, 0.25) is 0 Å². The van der Waals surface area contributed by atoms with Gasteiger partial charge in [-0.3, -0.25) is 0 Å². The second-order valence-corrected chi connectivity index (χ2v) is 6.91. The smallest absolute Gasteiger partial charge is 0.229 e. The van der Waals surface area contributed by atoms with E-state index >= 15 is 0 Å². The summed E-state index contributed by atoms with van der Waals surface area (Å²) in [6.45, 7) is 3.79. The summed E-state index contributed by atoms with van der Waals surface area (Å²) >= 11 is 0. The van der Waals surface area contributed by atoms with Gasteiger partial charge >= 0.3 is 0 Å². The number of ether oxygens (including phenoxy) is 4. The Morgan fingerprint density at radius 2 is 1.80 bits per heavy atom. The molecule has 0 bridgehead atoms. The van der Waals surface area contributed by atoms with Crippen molar-refractivity contribution in [1.82, 2.24) is 0 Å². The first-order valence-corrected chi connectivity index (χ1v) is 8.42. The van der Waals surface area contributed by atoms with Gasteiger partial charge in [-0.2, -0.15) is 0 Å². The van der Waals surface area contributed by atoms with Gasteiger partial charge in [0.05, 0.1) is 6.61 Å². The topological polar surface area (TPSA) is 77.4 Å². The zero-order chi connectivity index (χ0) is 17.6. The lowest BCUT2D eigenvalue weighted by Crippen LogP contribution is -2.65. The highest BCUT2D eigenvalue weighted by molar-refractivity contribution is 5.88. The van der Waals surface area contributed by atoms with Crippen molar-refractivity contribution in [2.45, 2.75) is 50.3 Å². The Morgan fingerprint density at radius 3 is 2.64 bits per heavy atom. The first-order chi connectivity index (χ1) is 11.9. The molecular weight excluding hydrogens is 324 g/mol. The van der Waals surface area contributed by atoms with Crippen LogP contribution < -0.4 is 4.74 Å². The molecule has 0 spiro atoms. The molecule has 2 N–H and O–H groups in total. The lowest BCUT2D eigenvalue weighted by atomic mass is 9.97. The predicted molar refractivity (Wildman–Crippen MR) is 90.2 cm³/mol. The molecule has 5 atom stereocenters. The Morgan fingerprint density at radius 1 is 1.04 bits per heavy atom. The van der Waals surface area contributed by atoms with Crippen molar-refractivity contribution in [2.24, 2.45) is 0 Å². The van der Waals surface area contributed by atoms with E-state index in [9.17, 15) is 10.2 Å². The summed E-state index contributed by atoms with van der Waals surface area (Å²) in [4.78, 5) is 0. The molecule has 0 saturated carbocycles. The lowest BCUT2D eigenvalue weighted by Gasteiger charge is -2.48. The lowest BCUT2D eigenvalue weighted by molar-refractivity contribution is -0.373. The van der Waals surface area contributed by atoms with Gasteiger partial charge in [-0.15, -0.1) is 0 Å². The summed E-state index contributed by atoms with van der Waals surface area (Å²) in [5.41, 5.74) is 0. The van der Waals surface area contributed by atoms with Crippen molar-refractivity contribution in [3.05, 3.63) is 42.5 Å². The summed E-state index contributed by atoms with van der Waals surface area (Å²) in [5, 5.41) is 22.9. The highest BCUT2D eigenvalue weighted by Gasteiger charge is 2.51. The third-order valence-electron chi connectivity index (χ3n) is 4.65. The van der Waals surface area contributed by atoms with E-state index in [4.69, 9.17) is 18.9 Å².